The van der Waals surface area contributed by atoms with E-state index >= 15 is 0 Å². The fraction of sp³-hybridized carbons (Fsp3) is 0.198. The number of fused-ring (bicyclic) bond motifs is 10. The number of ketones is 2. The van der Waals surface area contributed by atoms with Gasteiger partial charge in [-0.05, 0) is 165 Å². The second-order valence-electron chi connectivity index (χ2n) is 36.1. The normalized spacial score (nSPS) is 12.7. The molecular formula is C121H120GeIr4N8O4Si-4. The molecule has 1 aliphatic heterocycles. The number of aryl methyl sites for hydroxylation is 4. The van der Waals surface area contributed by atoms with Crippen molar-refractivity contribution >= 4 is 113 Å². The third kappa shape index (κ3) is 28.0. The molecule has 0 unspecified atom stereocenters. The molecule has 20 rings (SSSR count). The minimum atomic E-state index is -2.91. The number of aliphatic hydroxyl groups excluding tert-OH is 2. The number of hydrogen-bond donors (Lipinski definition) is 2. The molecule has 0 saturated carbocycles. The number of hydrogen-bond acceptors (Lipinski definition) is 10. The molecule has 0 aliphatic carbocycles. The molecule has 8 heterocycles. The molecule has 0 fully saturated rings. The van der Waals surface area contributed by atoms with E-state index in [0.717, 1.165) is 78.1 Å². The maximum atomic E-state index is 10.0. The van der Waals surface area contributed by atoms with E-state index in [2.05, 4.69) is 251 Å². The van der Waals surface area contributed by atoms with Gasteiger partial charge in [0.25, 0.3) is 5.65 Å². The molecule has 4 radical (unpaired) electrons. The van der Waals surface area contributed by atoms with Gasteiger partial charge in [0.2, 0.25) is 0 Å². The Bertz CT molecular complexity index is 8240. The second kappa shape index (κ2) is 50.5. The summed E-state index contributed by atoms with van der Waals surface area (Å²) in [6.07, 6.45) is 11.7. The maximum Gasteiger partial charge on any atom is 0 e. The van der Waals surface area contributed by atoms with Crippen molar-refractivity contribution in [1.82, 2.24) is 34.5 Å². The molecule has 0 atom stereocenters. The van der Waals surface area contributed by atoms with Crippen LogP contribution in [0.1, 0.15) is 141 Å². The fourth-order valence-electron chi connectivity index (χ4n) is 16.1. The van der Waals surface area contributed by atoms with E-state index in [9.17, 15) is 11.0 Å². The first kappa shape index (κ1) is 92.4. The van der Waals surface area contributed by atoms with Crippen molar-refractivity contribution in [2.75, 3.05) is 0 Å². The van der Waals surface area contributed by atoms with Gasteiger partial charge in [-0.1, -0.05) is 209 Å². The summed E-state index contributed by atoms with van der Waals surface area (Å²) in [4.78, 5) is 47.5. The van der Waals surface area contributed by atoms with Crippen molar-refractivity contribution in [3.8, 4) is 67.4 Å². The van der Waals surface area contributed by atoms with Gasteiger partial charge in [-0.2, -0.15) is 4.40 Å². The van der Waals surface area contributed by atoms with Crippen LogP contribution >= 0.6 is 0 Å². The number of pyridine rings is 5. The summed E-state index contributed by atoms with van der Waals surface area (Å²) in [5, 5.41) is 25.9. The maximum absolute atomic E-state index is 10.0. The van der Waals surface area contributed by atoms with E-state index < -0.39 is 45.8 Å². The van der Waals surface area contributed by atoms with Gasteiger partial charge in [0.05, 0.1) is 48.5 Å². The number of carbonyl (C=O) groups is 2. The predicted octanol–water partition coefficient (Wildman–Crippen LogP) is 28.9. The molecule has 18 heteroatoms. The molecule has 12 aromatic carbocycles. The van der Waals surface area contributed by atoms with Crippen LogP contribution in [0.2, 0.25) is 36.9 Å². The first-order chi connectivity index (χ1) is 70.0. The summed E-state index contributed by atoms with van der Waals surface area (Å²) < 4.78 is 115. The van der Waals surface area contributed by atoms with Crippen molar-refractivity contribution < 1.29 is 122 Å². The molecule has 0 saturated heterocycles. The molecule has 139 heavy (non-hydrogen) atoms. The standard InChI is InChI=1S/C25H21N2.C23H26N.C20H20NSi.C17H11N2.C14H16GeN.C12H10N.2C5H8O2.4Ir/c1-15-10-11-21-20(12-15)19-9-5-8-18-13-26-14-22(27(21)25(26)24(18)19)23-16(2)6-4-7-17(23)3;1-14(2)18-12-21(15(3)4)20-7-8-24-23(22(20)13-18)19-10-16(5)9-17(6)11-19;1-22(2,3)20-14-19(17-12-8-5-9-13-17)21-15-18(20)16-10-6-4-7-11-16;1-11-10-18-16-14-8-4-2-6-12(14)13-7-3-5-9-15(13)17(16)19-11;1-15(2,3)13-9-10-14(16-11-13)12-7-5-4-6-8-12;1-10-6-5-9-13-12(10)11-7-3-2-4-8-11;2*1-4(6)3-5(2)7;;;;/h4-12,14H,13H2,1-3H3;7-10,12-15H,1-6H3;4-12,14-15H,1-3H3;2-7,9-10H,1H3;4-7,9-11H,1-3H3;2-7,9H,1H3;2*3,6H,1-2H3;;;;/q+1;5*-1;;;;;;/i2D3,4D,5D,6D,7D,8D,9D,10D,11D,12D,14D;;;;;;;;;;;. The molecule has 0 spiro atoms. The Balaban J connectivity index is 0.000000202. The van der Waals surface area contributed by atoms with E-state index in [4.69, 9.17) is 36.6 Å². The van der Waals surface area contributed by atoms with Crippen LogP contribution in [0.3, 0.4) is 0 Å². The second-order valence-corrected chi connectivity index (χ2v) is 51.8. The summed E-state index contributed by atoms with van der Waals surface area (Å²) in [6.45, 7) is 30.1. The van der Waals surface area contributed by atoms with Crippen molar-refractivity contribution in [2.24, 2.45) is 0 Å². The Morgan fingerprint density at radius 2 is 1.13 bits per heavy atom. The van der Waals surface area contributed by atoms with Gasteiger partial charge in [-0.15, -0.1) is 136 Å². The number of aliphatic hydroxyl groups is 2. The number of nitrogens with zero attached hydrogens (tertiary/aromatic N) is 8. The van der Waals surface area contributed by atoms with Crippen LogP contribution in [0.5, 0.6) is 0 Å². The van der Waals surface area contributed by atoms with Crippen molar-refractivity contribution in [2.45, 2.75) is 159 Å². The van der Waals surface area contributed by atoms with E-state index in [1.54, 1.807) is 0 Å². The molecule has 7 aromatic heterocycles. The first-order valence-electron chi connectivity index (χ1n) is 51.5. The number of rotatable bonds is 12. The van der Waals surface area contributed by atoms with Gasteiger partial charge in [0, 0.05) is 149 Å². The zero-order valence-corrected chi connectivity index (χ0v) is 94.3. The van der Waals surface area contributed by atoms with Crippen LogP contribution in [0.25, 0.3) is 138 Å². The van der Waals surface area contributed by atoms with Crippen molar-refractivity contribution in [1.29, 1.82) is 0 Å². The van der Waals surface area contributed by atoms with Gasteiger partial charge in [-0.25, -0.2) is 4.57 Å². The van der Waals surface area contributed by atoms with E-state index in [0.29, 0.717) is 22.8 Å². The summed E-state index contributed by atoms with van der Waals surface area (Å²) in [6, 6.07) is 83.7. The van der Waals surface area contributed by atoms with Gasteiger partial charge in [-0.3, -0.25) is 14.6 Å². The number of imidazole rings is 1. The molecular weight excluding hydrogens is 2500 g/mol. The first-order valence-corrected chi connectivity index (χ1v) is 55.8. The largest absolute Gasteiger partial charge is 0 e. The predicted molar refractivity (Wildman–Crippen MR) is 569 cm³/mol. The molecule has 1 aliphatic rings. The molecule has 12 nitrogen and oxygen atoms in total. The fourth-order valence-corrected chi connectivity index (χ4v) is 19.8. The summed E-state index contributed by atoms with van der Waals surface area (Å²) >= 11 is -1.72. The average Bonchev–Trinajstić information content (AvgIpc) is 1.50. The topological polar surface area (TPSA) is 161 Å². The Kier molecular flexibility index (Phi) is 33.5. The minimum absolute atomic E-state index is 0. The van der Waals surface area contributed by atoms with E-state index in [-0.39, 0.29) is 203 Å². The third-order valence-electron chi connectivity index (χ3n) is 22.4. The Labute approximate surface area is 896 Å². The van der Waals surface area contributed by atoms with E-state index in [1.807, 2.05) is 129 Å². The van der Waals surface area contributed by atoms with Crippen LogP contribution in [-0.4, -0.2) is 77.6 Å². The average molecular weight is 2630 g/mol. The van der Waals surface area contributed by atoms with Gasteiger partial charge < -0.3 is 30.1 Å². The zero-order chi connectivity index (χ0) is 108. The number of aromatic nitrogens is 8. The molecule has 0 bridgehead atoms. The van der Waals surface area contributed by atoms with Crippen LogP contribution in [0, 0.1) is 78.7 Å². The van der Waals surface area contributed by atoms with Crippen LogP contribution in [0.4, 0.5) is 0 Å². The number of benzene rings is 12. The summed E-state index contributed by atoms with van der Waals surface area (Å²) in [7, 11) is -1.48. The Hall–Kier alpha value is -11.7. The van der Waals surface area contributed by atoms with Crippen LogP contribution in [0.15, 0.2) is 321 Å². The zero-order valence-electron chi connectivity index (χ0n) is 94.7. The Morgan fingerprint density at radius 1 is 0.518 bits per heavy atom. The van der Waals surface area contributed by atoms with Crippen molar-refractivity contribution in [3.63, 3.8) is 0 Å². The van der Waals surface area contributed by atoms with Gasteiger partial charge in [0.1, 0.15) is 19.6 Å². The van der Waals surface area contributed by atoms with Gasteiger partial charge >= 0.3 is 99.8 Å². The SMILES string of the molecule is CC(=O)C=C(C)O.CC(=O)C=C(C)O.C[Si](C)(C)c1cc(-c2[c-]cccc2)ncc1-c1ccccc1.Cc1[c-]c(-c2nccc3c(C(C)C)cc(C(C)C)cc23)cc(C)c1.Cc1cccnc1-c1[c-]cccc1.Cc1cnc2c3[c-]cccc3c3ccccc3c2n1.[2H]c1c([2H])c(C)c(-c2c([2H])n3c4c5c(c([2H])c([2H])c([2H])c5c5c([2H])c(C)c([2H])c([2H])c5[n+]24)C3)c(C([2H])([2H])[2H])c1[2H].[CH3][Ge]([CH3])([CH3])[c]1ccc(-c2[c-]cccc2)nc1.[Ir].[Ir].[Ir].[Ir]. The molecule has 716 valence electrons. The molecule has 0 amide bonds. The smallest absolute Gasteiger partial charge is 0 e. The summed E-state index contributed by atoms with van der Waals surface area (Å²) in [5.74, 6) is 8.01. The Morgan fingerprint density at radius 3 is 1.72 bits per heavy atom. The van der Waals surface area contributed by atoms with Gasteiger partial charge in [0.15, 0.2) is 17.3 Å². The summed E-state index contributed by atoms with van der Waals surface area (Å²) in [5.41, 5.74) is 20.1. The van der Waals surface area contributed by atoms with Crippen LogP contribution < -0.4 is 14.0 Å². The van der Waals surface area contributed by atoms with Crippen LogP contribution in [-0.2, 0) is 96.6 Å². The minimum Gasteiger partial charge on any atom is 0 e. The van der Waals surface area contributed by atoms with E-state index in [1.165, 1.54) is 127 Å². The number of allylic oxidation sites excluding steroid dienone is 4. The molecule has 2 N–H and O–H groups in total. The third-order valence-corrected chi connectivity index (χ3v) is 28.7. The quantitative estimate of drug-likeness (QED) is 0.0301. The number of carbonyl (C=O) groups excluding carboxylic acids is 2. The van der Waals surface area contributed by atoms with Crippen molar-refractivity contribution in [3.05, 3.63) is 408 Å². The monoisotopic (exact) mass is 2640 g/mol. The molecule has 19 aromatic rings.